The normalized spacial score (nSPS) is 22.7. The summed E-state index contributed by atoms with van der Waals surface area (Å²) in [5.41, 5.74) is 10.6. The highest BCUT2D eigenvalue weighted by molar-refractivity contribution is 6.31. The fourth-order valence-corrected chi connectivity index (χ4v) is 3.40. The molecule has 4 rings (SSSR count). The third-order valence-corrected chi connectivity index (χ3v) is 4.85. The SMILES string of the molecule is CC1Cc2ccc(Cl)cc2C(c2ccc(N)cc2)=NN1C1CC1=O. The first kappa shape index (κ1) is 15.2. The zero-order valence-corrected chi connectivity index (χ0v) is 14.1. The Morgan fingerprint density at radius 2 is 1.88 bits per heavy atom. The largest absolute Gasteiger partial charge is 0.399 e. The van der Waals surface area contributed by atoms with Crippen molar-refractivity contribution in [2.75, 3.05) is 5.73 Å². The van der Waals surface area contributed by atoms with Crippen molar-refractivity contribution in [1.82, 2.24) is 5.01 Å². The number of nitrogens with two attached hydrogens (primary N) is 1. The molecule has 0 amide bonds. The summed E-state index contributed by atoms with van der Waals surface area (Å²) in [4.78, 5) is 11.7. The maximum absolute atomic E-state index is 11.7. The van der Waals surface area contributed by atoms with Crippen molar-refractivity contribution in [2.24, 2.45) is 5.10 Å². The van der Waals surface area contributed by atoms with Gasteiger partial charge in [-0.15, -0.1) is 0 Å². The Morgan fingerprint density at radius 1 is 1.17 bits per heavy atom. The number of nitrogens with zero attached hydrogens (tertiary/aromatic N) is 2. The fraction of sp³-hybridized carbons (Fsp3) is 0.263. The van der Waals surface area contributed by atoms with Crippen LogP contribution in [-0.2, 0) is 11.2 Å². The van der Waals surface area contributed by atoms with E-state index in [4.69, 9.17) is 22.4 Å². The topological polar surface area (TPSA) is 58.7 Å². The van der Waals surface area contributed by atoms with Crippen LogP contribution in [0.4, 0.5) is 5.69 Å². The molecule has 0 spiro atoms. The summed E-state index contributed by atoms with van der Waals surface area (Å²) in [5.74, 6) is 0.256. The molecule has 1 fully saturated rings. The Kier molecular flexibility index (Phi) is 3.57. The lowest BCUT2D eigenvalue weighted by molar-refractivity contribution is -0.111. The molecule has 0 saturated heterocycles. The Hall–Kier alpha value is -2.33. The molecular weight excluding hydrogens is 322 g/mol. The van der Waals surface area contributed by atoms with Gasteiger partial charge in [0, 0.05) is 34.3 Å². The van der Waals surface area contributed by atoms with Crippen molar-refractivity contribution >= 4 is 28.8 Å². The second-order valence-electron chi connectivity index (χ2n) is 6.49. The van der Waals surface area contributed by atoms with Crippen molar-refractivity contribution in [3.63, 3.8) is 0 Å². The van der Waals surface area contributed by atoms with Gasteiger partial charge in [-0.1, -0.05) is 29.8 Å². The summed E-state index contributed by atoms with van der Waals surface area (Å²) >= 11 is 6.24. The van der Waals surface area contributed by atoms with Crippen molar-refractivity contribution < 1.29 is 4.79 Å². The molecular formula is C19H18ClN3O. The van der Waals surface area contributed by atoms with Crippen molar-refractivity contribution in [2.45, 2.75) is 31.8 Å². The lowest BCUT2D eigenvalue weighted by Gasteiger charge is -2.24. The zero-order chi connectivity index (χ0) is 16.8. The van der Waals surface area contributed by atoms with Crippen LogP contribution < -0.4 is 5.73 Å². The van der Waals surface area contributed by atoms with Crippen LogP contribution in [0, 0.1) is 0 Å². The quantitative estimate of drug-likeness (QED) is 0.854. The highest BCUT2D eigenvalue weighted by atomic mass is 35.5. The minimum absolute atomic E-state index is 0.0893. The first-order chi connectivity index (χ1) is 11.5. The highest BCUT2D eigenvalue weighted by Gasteiger charge is 2.43. The molecule has 0 aromatic heterocycles. The summed E-state index contributed by atoms with van der Waals surface area (Å²) in [7, 11) is 0. The van der Waals surface area contributed by atoms with Crippen molar-refractivity contribution in [3.05, 3.63) is 64.2 Å². The average Bonchev–Trinajstić information content (AvgIpc) is 3.29. The molecule has 0 bridgehead atoms. The molecule has 2 unspecified atom stereocenters. The van der Waals surface area contributed by atoms with Gasteiger partial charge in [-0.2, -0.15) is 5.10 Å². The van der Waals surface area contributed by atoms with Crippen molar-refractivity contribution in [3.8, 4) is 0 Å². The first-order valence-corrected chi connectivity index (χ1v) is 8.45. The molecule has 4 nitrogen and oxygen atoms in total. The van der Waals surface area contributed by atoms with Gasteiger partial charge in [0.15, 0.2) is 5.78 Å². The number of anilines is 1. The number of carbonyl (C=O) groups is 1. The number of hydrazone groups is 1. The molecule has 1 aliphatic carbocycles. The maximum atomic E-state index is 11.7. The van der Waals surface area contributed by atoms with E-state index in [1.807, 2.05) is 41.4 Å². The van der Waals surface area contributed by atoms with Gasteiger partial charge in [-0.05, 0) is 43.2 Å². The number of hydrogen-bond donors (Lipinski definition) is 1. The Labute approximate surface area is 145 Å². The second-order valence-corrected chi connectivity index (χ2v) is 6.93. The van der Waals surface area contributed by atoms with Gasteiger partial charge in [0.05, 0.1) is 5.71 Å². The maximum Gasteiger partial charge on any atom is 0.159 e. The Bertz CT molecular complexity index is 844. The average molecular weight is 340 g/mol. The number of carbonyl (C=O) groups excluding carboxylic acids is 1. The molecule has 1 aliphatic heterocycles. The molecule has 5 heteroatoms. The molecule has 2 aromatic carbocycles. The lowest BCUT2D eigenvalue weighted by atomic mass is 9.94. The van der Waals surface area contributed by atoms with E-state index >= 15 is 0 Å². The second kappa shape index (κ2) is 5.64. The van der Waals surface area contributed by atoms with Crippen LogP contribution in [-0.4, -0.2) is 28.6 Å². The van der Waals surface area contributed by atoms with E-state index in [0.717, 1.165) is 23.3 Å². The summed E-state index contributed by atoms with van der Waals surface area (Å²) in [6, 6.07) is 13.6. The predicted octanol–water partition coefficient (Wildman–Crippen LogP) is 3.26. The monoisotopic (exact) mass is 339 g/mol. The molecule has 2 aromatic rings. The number of Topliss-reactive ketones (excluding diaryl/α,β-unsaturated/α-hetero) is 1. The molecule has 1 saturated carbocycles. The van der Waals surface area contributed by atoms with Gasteiger partial charge in [-0.25, -0.2) is 0 Å². The standard InChI is InChI=1S/C19H18ClN3O/c1-11-8-13-2-5-14(20)9-16(13)19(12-3-6-15(21)7-4-12)22-23(11)17-10-18(17)24/h2-7,9,11,17H,8,10,21H2,1H3. The third kappa shape index (κ3) is 2.67. The van der Waals surface area contributed by atoms with E-state index in [1.165, 1.54) is 5.56 Å². The number of benzene rings is 2. The number of fused-ring (bicyclic) bond motifs is 1. The van der Waals surface area contributed by atoms with Crippen LogP contribution in [0.1, 0.15) is 30.0 Å². The van der Waals surface area contributed by atoms with Gasteiger partial charge in [-0.3, -0.25) is 9.80 Å². The number of halogens is 1. The minimum atomic E-state index is -0.0893. The summed E-state index contributed by atoms with van der Waals surface area (Å²) in [5, 5.41) is 7.52. The molecule has 2 N–H and O–H groups in total. The number of rotatable bonds is 2. The van der Waals surface area contributed by atoms with Crippen LogP contribution in [0.5, 0.6) is 0 Å². The van der Waals surface area contributed by atoms with Crippen LogP contribution in [0.25, 0.3) is 0 Å². The Balaban J connectivity index is 1.88. The summed E-state index contributed by atoms with van der Waals surface area (Å²) in [6.07, 6.45) is 1.41. The van der Waals surface area contributed by atoms with E-state index in [-0.39, 0.29) is 17.9 Å². The van der Waals surface area contributed by atoms with E-state index in [2.05, 4.69) is 13.0 Å². The van der Waals surface area contributed by atoms with Crippen LogP contribution in [0.2, 0.25) is 5.02 Å². The summed E-state index contributed by atoms with van der Waals surface area (Å²) < 4.78 is 0. The minimum Gasteiger partial charge on any atom is -0.399 e. The van der Waals surface area contributed by atoms with Crippen molar-refractivity contribution in [1.29, 1.82) is 0 Å². The number of nitrogen functional groups attached to an aromatic ring is 1. The van der Waals surface area contributed by atoms with Gasteiger partial charge in [0.25, 0.3) is 0 Å². The molecule has 1 heterocycles. The van der Waals surface area contributed by atoms with E-state index < -0.39 is 0 Å². The molecule has 24 heavy (non-hydrogen) atoms. The van der Waals surface area contributed by atoms with E-state index in [9.17, 15) is 4.79 Å². The van der Waals surface area contributed by atoms with Gasteiger partial charge < -0.3 is 5.73 Å². The fourth-order valence-electron chi connectivity index (χ4n) is 3.23. The molecule has 2 atom stereocenters. The molecule has 0 radical (unpaired) electrons. The van der Waals surface area contributed by atoms with E-state index in [1.54, 1.807) is 0 Å². The number of ketones is 1. The molecule has 2 aliphatic rings. The first-order valence-electron chi connectivity index (χ1n) is 8.07. The number of hydrogen-bond acceptors (Lipinski definition) is 4. The van der Waals surface area contributed by atoms with Crippen LogP contribution >= 0.6 is 11.6 Å². The predicted molar refractivity (Wildman–Crippen MR) is 96.4 cm³/mol. The smallest absolute Gasteiger partial charge is 0.159 e. The third-order valence-electron chi connectivity index (χ3n) is 4.62. The van der Waals surface area contributed by atoms with Gasteiger partial charge in [0.2, 0.25) is 0 Å². The van der Waals surface area contributed by atoms with E-state index in [0.29, 0.717) is 17.1 Å². The van der Waals surface area contributed by atoms with Crippen LogP contribution in [0.3, 0.4) is 0 Å². The van der Waals surface area contributed by atoms with Crippen LogP contribution in [0.15, 0.2) is 47.6 Å². The highest BCUT2D eigenvalue weighted by Crippen LogP contribution is 2.32. The lowest BCUT2D eigenvalue weighted by Crippen LogP contribution is -2.32. The van der Waals surface area contributed by atoms with Gasteiger partial charge in [0.1, 0.15) is 6.04 Å². The van der Waals surface area contributed by atoms with Gasteiger partial charge >= 0.3 is 0 Å². The Morgan fingerprint density at radius 3 is 2.54 bits per heavy atom. The summed E-state index contributed by atoms with van der Waals surface area (Å²) in [6.45, 7) is 2.11. The molecule has 122 valence electrons. The zero-order valence-electron chi connectivity index (χ0n) is 13.4.